The van der Waals surface area contributed by atoms with E-state index in [0.717, 1.165) is 0 Å². The zero-order chi connectivity index (χ0) is 12.6. The minimum Gasteiger partial charge on any atom is -0.460 e. The molecule has 1 aliphatic carbocycles. The molecular formula is C15H20O2. The average Bonchev–Trinajstić information content (AvgIpc) is 2.89. The van der Waals surface area contributed by atoms with Crippen LogP contribution in [0.5, 0.6) is 0 Å². The van der Waals surface area contributed by atoms with E-state index in [4.69, 9.17) is 4.74 Å². The molecule has 0 N–H and O–H groups in total. The maximum Gasteiger partial charge on any atom is 0.310 e. The lowest BCUT2D eigenvalue weighted by Crippen LogP contribution is -2.25. The lowest BCUT2D eigenvalue weighted by molar-refractivity contribution is -0.156. The Hall–Kier alpha value is -1.31. The first-order valence-corrected chi connectivity index (χ1v) is 6.18. The Labute approximate surface area is 103 Å². The number of carbonyl (C=O) groups is 1. The van der Waals surface area contributed by atoms with E-state index in [1.54, 1.807) is 0 Å². The topological polar surface area (TPSA) is 26.3 Å². The fourth-order valence-corrected chi connectivity index (χ4v) is 2.38. The number of carbonyl (C=O) groups excluding carboxylic acids is 1. The van der Waals surface area contributed by atoms with Crippen LogP contribution >= 0.6 is 0 Å². The van der Waals surface area contributed by atoms with Crippen LogP contribution in [0.3, 0.4) is 0 Å². The van der Waals surface area contributed by atoms with Gasteiger partial charge in [0.2, 0.25) is 0 Å². The van der Waals surface area contributed by atoms with Gasteiger partial charge >= 0.3 is 5.97 Å². The molecule has 0 radical (unpaired) electrons. The maximum atomic E-state index is 12.0. The molecule has 1 saturated carbocycles. The van der Waals surface area contributed by atoms with Crippen LogP contribution in [0.4, 0.5) is 0 Å². The van der Waals surface area contributed by atoms with Gasteiger partial charge in [0.05, 0.1) is 5.92 Å². The number of esters is 1. The molecule has 1 unspecified atom stereocenters. The van der Waals surface area contributed by atoms with Gasteiger partial charge in [-0.2, -0.15) is 0 Å². The monoisotopic (exact) mass is 232 g/mol. The van der Waals surface area contributed by atoms with Crippen molar-refractivity contribution in [3.05, 3.63) is 35.9 Å². The highest BCUT2D eigenvalue weighted by Crippen LogP contribution is 2.54. The summed E-state index contributed by atoms with van der Waals surface area (Å²) < 4.78 is 5.44. The highest BCUT2D eigenvalue weighted by molar-refractivity contribution is 5.78. The molecule has 2 rings (SSSR count). The number of hydrogen-bond donors (Lipinski definition) is 0. The molecule has 2 nitrogen and oxygen atoms in total. The molecular weight excluding hydrogens is 212 g/mol. The second-order valence-electron chi connectivity index (χ2n) is 5.85. The van der Waals surface area contributed by atoms with Gasteiger partial charge in [0.25, 0.3) is 0 Å². The van der Waals surface area contributed by atoms with E-state index >= 15 is 0 Å². The summed E-state index contributed by atoms with van der Waals surface area (Å²) in [6.07, 6.45) is 0. The third-order valence-corrected chi connectivity index (χ3v) is 3.24. The zero-order valence-corrected chi connectivity index (χ0v) is 10.9. The number of benzene rings is 1. The standard InChI is InChI=1S/C15H20O2/c1-10-12(11-8-6-5-7-9-11)13(10)14(16)17-15(2,3)4/h5-10,12-13H,1-4H3/t10?,12-,13+/m1/s1. The molecule has 1 aliphatic rings. The van der Waals surface area contributed by atoms with E-state index < -0.39 is 0 Å². The van der Waals surface area contributed by atoms with E-state index in [9.17, 15) is 4.79 Å². The molecule has 0 aromatic heterocycles. The minimum absolute atomic E-state index is 0.0385. The highest BCUT2D eigenvalue weighted by atomic mass is 16.6. The number of ether oxygens (including phenoxy) is 1. The summed E-state index contributed by atoms with van der Waals surface area (Å²) in [4.78, 5) is 12.0. The molecule has 1 aromatic rings. The summed E-state index contributed by atoms with van der Waals surface area (Å²) in [7, 11) is 0. The Morgan fingerprint density at radius 2 is 1.76 bits per heavy atom. The molecule has 0 bridgehead atoms. The second kappa shape index (κ2) is 4.17. The fourth-order valence-electron chi connectivity index (χ4n) is 2.38. The molecule has 92 valence electrons. The Bertz CT molecular complexity index is 403. The summed E-state index contributed by atoms with van der Waals surface area (Å²) >= 11 is 0. The average molecular weight is 232 g/mol. The van der Waals surface area contributed by atoms with Crippen LogP contribution in [0, 0.1) is 11.8 Å². The van der Waals surface area contributed by atoms with Crippen LogP contribution in [0.25, 0.3) is 0 Å². The summed E-state index contributed by atoms with van der Waals surface area (Å²) in [5, 5.41) is 0. The van der Waals surface area contributed by atoms with Crippen molar-refractivity contribution in [2.75, 3.05) is 0 Å². The third kappa shape index (κ3) is 2.68. The van der Waals surface area contributed by atoms with E-state index in [2.05, 4.69) is 19.1 Å². The summed E-state index contributed by atoms with van der Waals surface area (Å²) in [5.41, 5.74) is 0.858. The van der Waals surface area contributed by atoms with Gasteiger partial charge in [-0.05, 0) is 32.3 Å². The SMILES string of the molecule is CC1[C@H](C(=O)OC(C)(C)C)[C@H]1c1ccccc1. The first-order valence-electron chi connectivity index (χ1n) is 6.18. The molecule has 2 heteroatoms. The Kier molecular flexibility index (Phi) is 2.98. The fraction of sp³-hybridized carbons (Fsp3) is 0.533. The van der Waals surface area contributed by atoms with E-state index in [1.807, 2.05) is 39.0 Å². The van der Waals surface area contributed by atoms with Crippen molar-refractivity contribution in [1.29, 1.82) is 0 Å². The predicted molar refractivity (Wildman–Crippen MR) is 67.7 cm³/mol. The molecule has 1 aromatic carbocycles. The lowest BCUT2D eigenvalue weighted by atomic mass is 10.1. The van der Waals surface area contributed by atoms with Crippen LogP contribution in [-0.2, 0) is 9.53 Å². The number of hydrogen-bond acceptors (Lipinski definition) is 2. The van der Waals surface area contributed by atoms with Crippen LogP contribution < -0.4 is 0 Å². The van der Waals surface area contributed by atoms with Gasteiger partial charge in [-0.3, -0.25) is 4.79 Å². The maximum absolute atomic E-state index is 12.0. The van der Waals surface area contributed by atoms with Gasteiger partial charge < -0.3 is 4.74 Å². The minimum atomic E-state index is -0.388. The first-order chi connectivity index (χ1) is 7.90. The molecule has 17 heavy (non-hydrogen) atoms. The first kappa shape index (κ1) is 12.2. The van der Waals surface area contributed by atoms with E-state index in [-0.39, 0.29) is 17.5 Å². The second-order valence-corrected chi connectivity index (χ2v) is 5.85. The van der Waals surface area contributed by atoms with E-state index in [0.29, 0.717) is 11.8 Å². The molecule has 1 fully saturated rings. The van der Waals surface area contributed by atoms with Crippen molar-refractivity contribution in [2.45, 2.75) is 39.2 Å². The van der Waals surface area contributed by atoms with Crippen molar-refractivity contribution in [1.82, 2.24) is 0 Å². The van der Waals surface area contributed by atoms with Gasteiger partial charge in [-0.25, -0.2) is 0 Å². The molecule has 0 amide bonds. The summed E-state index contributed by atoms with van der Waals surface area (Å²) in [5.74, 6) is 0.716. The quantitative estimate of drug-likeness (QED) is 0.731. The molecule has 0 saturated heterocycles. The van der Waals surface area contributed by atoms with Gasteiger partial charge in [-0.15, -0.1) is 0 Å². The number of rotatable bonds is 2. The molecule has 0 heterocycles. The van der Waals surface area contributed by atoms with Gasteiger partial charge in [-0.1, -0.05) is 37.3 Å². The van der Waals surface area contributed by atoms with Crippen LogP contribution in [0.15, 0.2) is 30.3 Å². The van der Waals surface area contributed by atoms with Crippen LogP contribution in [0.2, 0.25) is 0 Å². The normalized spacial score (nSPS) is 27.6. The van der Waals surface area contributed by atoms with Crippen molar-refractivity contribution in [3.63, 3.8) is 0 Å². The summed E-state index contributed by atoms with van der Waals surface area (Å²) in [6.45, 7) is 7.85. The van der Waals surface area contributed by atoms with Crippen molar-refractivity contribution >= 4 is 5.97 Å². The van der Waals surface area contributed by atoms with E-state index in [1.165, 1.54) is 5.56 Å². The zero-order valence-electron chi connectivity index (χ0n) is 10.9. The largest absolute Gasteiger partial charge is 0.460 e. The van der Waals surface area contributed by atoms with Gasteiger partial charge in [0.15, 0.2) is 0 Å². The predicted octanol–water partition coefficient (Wildman–Crippen LogP) is 3.38. The van der Waals surface area contributed by atoms with Gasteiger partial charge in [0.1, 0.15) is 5.60 Å². The Morgan fingerprint density at radius 1 is 1.18 bits per heavy atom. The Morgan fingerprint density at radius 3 is 2.29 bits per heavy atom. The van der Waals surface area contributed by atoms with Gasteiger partial charge in [0, 0.05) is 5.92 Å². The van der Waals surface area contributed by atoms with Crippen molar-refractivity contribution in [2.24, 2.45) is 11.8 Å². The highest BCUT2D eigenvalue weighted by Gasteiger charge is 2.53. The third-order valence-electron chi connectivity index (χ3n) is 3.24. The molecule has 3 atom stereocenters. The summed E-state index contributed by atoms with van der Waals surface area (Å²) in [6, 6.07) is 10.2. The van der Waals surface area contributed by atoms with Crippen LogP contribution in [-0.4, -0.2) is 11.6 Å². The van der Waals surface area contributed by atoms with Crippen LogP contribution in [0.1, 0.15) is 39.2 Å². The smallest absolute Gasteiger partial charge is 0.310 e. The lowest BCUT2D eigenvalue weighted by Gasteiger charge is -2.19. The van der Waals surface area contributed by atoms with Crippen molar-refractivity contribution in [3.8, 4) is 0 Å². The molecule has 0 spiro atoms. The van der Waals surface area contributed by atoms with Crippen molar-refractivity contribution < 1.29 is 9.53 Å². The Balaban J connectivity index is 2.04. The molecule has 0 aliphatic heterocycles.